The van der Waals surface area contributed by atoms with E-state index in [9.17, 15) is 0 Å². The Morgan fingerprint density at radius 3 is 2.35 bits per heavy atom. The van der Waals surface area contributed by atoms with Gasteiger partial charge in [0.15, 0.2) is 0 Å². The molecular weight excluding hydrogens is 264 g/mol. The van der Waals surface area contributed by atoms with Crippen LogP contribution in [0, 0.1) is 6.92 Å². The quantitative estimate of drug-likeness (QED) is 0.655. The standard InChI is InChI=1S/C17H16N2S/c1-13-7-5-6-10-16(13)19-17-11-15(12-20-17)18-14-8-3-2-4-9-14/h2-12,18-19H,1H3. The molecule has 2 aromatic carbocycles. The normalized spacial score (nSPS) is 10.2. The Kier molecular flexibility index (Phi) is 3.70. The summed E-state index contributed by atoms with van der Waals surface area (Å²) in [7, 11) is 0. The Balaban J connectivity index is 1.73. The Morgan fingerprint density at radius 2 is 1.55 bits per heavy atom. The lowest BCUT2D eigenvalue weighted by Gasteiger charge is -2.06. The first kappa shape index (κ1) is 12.8. The zero-order chi connectivity index (χ0) is 13.8. The van der Waals surface area contributed by atoms with Crippen LogP contribution in [0.5, 0.6) is 0 Å². The third kappa shape index (κ3) is 3.00. The highest BCUT2D eigenvalue weighted by Crippen LogP contribution is 2.30. The number of anilines is 4. The van der Waals surface area contributed by atoms with Crippen LogP contribution in [-0.2, 0) is 0 Å². The SMILES string of the molecule is Cc1ccccc1Nc1cc(Nc2ccccc2)cs1. The fourth-order valence-electron chi connectivity index (χ4n) is 2.00. The van der Waals surface area contributed by atoms with E-state index in [-0.39, 0.29) is 0 Å². The first-order chi connectivity index (χ1) is 9.81. The third-order valence-electron chi connectivity index (χ3n) is 3.06. The number of aryl methyl sites for hydroxylation is 1. The van der Waals surface area contributed by atoms with E-state index in [0.717, 1.165) is 22.1 Å². The molecule has 0 aliphatic heterocycles. The molecule has 0 atom stereocenters. The van der Waals surface area contributed by atoms with Crippen molar-refractivity contribution in [1.82, 2.24) is 0 Å². The predicted octanol–water partition coefficient (Wildman–Crippen LogP) is 5.54. The van der Waals surface area contributed by atoms with Crippen LogP contribution in [0.4, 0.5) is 22.1 Å². The summed E-state index contributed by atoms with van der Waals surface area (Å²) in [6.45, 7) is 2.11. The maximum absolute atomic E-state index is 3.46. The van der Waals surface area contributed by atoms with Gasteiger partial charge < -0.3 is 10.6 Å². The minimum absolute atomic E-state index is 1.10. The summed E-state index contributed by atoms with van der Waals surface area (Å²) in [5, 5.41) is 10.1. The average Bonchev–Trinajstić information content (AvgIpc) is 2.90. The fraction of sp³-hybridized carbons (Fsp3) is 0.0588. The number of hydrogen-bond acceptors (Lipinski definition) is 3. The van der Waals surface area contributed by atoms with Crippen LogP contribution in [0.15, 0.2) is 66.0 Å². The van der Waals surface area contributed by atoms with Crippen LogP contribution in [0.3, 0.4) is 0 Å². The van der Waals surface area contributed by atoms with Gasteiger partial charge in [0.2, 0.25) is 0 Å². The van der Waals surface area contributed by atoms with Crippen molar-refractivity contribution in [3.05, 3.63) is 71.6 Å². The maximum Gasteiger partial charge on any atom is 0.0948 e. The third-order valence-corrected chi connectivity index (χ3v) is 3.91. The Bertz CT molecular complexity index is 689. The van der Waals surface area contributed by atoms with E-state index in [1.54, 1.807) is 11.3 Å². The van der Waals surface area contributed by atoms with Crippen molar-refractivity contribution in [1.29, 1.82) is 0 Å². The van der Waals surface area contributed by atoms with Crippen molar-refractivity contribution in [2.24, 2.45) is 0 Å². The van der Waals surface area contributed by atoms with E-state index in [0.29, 0.717) is 0 Å². The summed E-state index contributed by atoms with van der Waals surface area (Å²) in [5.74, 6) is 0. The van der Waals surface area contributed by atoms with Crippen LogP contribution in [-0.4, -0.2) is 0 Å². The molecule has 0 aliphatic rings. The van der Waals surface area contributed by atoms with Gasteiger partial charge in [-0.3, -0.25) is 0 Å². The second-order valence-electron chi connectivity index (χ2n) is 4.63. The van der Waals surface area contributed by atoms with E-state index in [2.05, 4.69) is 59.3 Å². The average molecular weight is 280 g/mol. The molecule has 0 aliphatic carbocycles. The van der Waals surface area contributed by atoms with Crippen molar-refractivity contribution in [3.8, 4) is 0 Å². The van der Waals surface area contributed by atoms with Crippen LogP contribution in [0.2, 0.25) is 0 Å². The molecule has 1 aromatic heterocycles. The van der Waals surface area contributed by atoms with Crippen molar-refractivity contribution in [3.63, 3.8) is 0 Å². The summed E-state index contributed by atoms with van der Waals surface area (Å²) in [6.07, 6.45) is 0. The molecule has 0 unspecified atom stereocenters. The lowest BCUT2D eigenvalue weighted by molar-refractivity contribution is 1.45. The van der Waals surface area contributed by atoms with Gasteiger partial charge in [0.1, 0.15) is 0 Å². The molecule has 0 fully saturated rings. The molecule has 0 bridgehead atoms. The van der Waals surface area contributed by atoms with Crippen LogP contribution >= 0.6 is 11.3 Å². The number of hydrogen-bond donors (Lipinski definition) is 2. The summed E-state index contributed by atoms with van der Waals surface area (Å²) in [6, 6.07) is 20.6. The van der Waals surface area contributed by atoms with Gasteiger partial charge >= 0.3 is 0 Å². The predicted molar refractivity (Wildman–Crippen MR) is 88.5 cm³/mol. The molecule has 0 radical (unpaired) electrons. The molecule has 100 valence electrons. The van der Waals surface area contributed by atoms with E-state index < -0.39 is 0 Å². The number of benzene rings is 2. The van der Waals surface area contributed by atoms with E-state index in [4.69, 9.17) is 0 Å². The molecule has 0 amide bonds. The lowest BCUT2D eigenvalue weighted by atomic mass is 10.2. The minimum Gasteiger partial charge on any atom is -0.355 e. The Labute approximate surface area is 123 Å². The molecule has 20 heavy (non-hydrogen) atoms. The van der Waals surface area contributed by atoms with Gasteiger partial charge in [0.25, 0.3) is 0 Å². The van der Waals surface area contributed by atoms with Gasteiger partial charge in [0, 0.05) is 16.8 Å². The number of thiophene rings is 1. The van der Waals surface area contributed by atoms with Gasteiger partial charge in [0.05, 0.1) is 10.7 Å². The van der Waals surface area contributed by atoms with Crippen molar-refractivity contribution < 1.29 is 0 Å². The van der Waals surface area contributed by atoms with Gasteiger partial charge in [-0.05, 0) is 36.8 Å². The molecule has 2 N–H and O–H groups in total. The maximum atomic E-state index is 3.46. The zero-order valence-electron chi connectivity index (χ0n) is 11.3. The monoisotopic (exact) mass is 280 g/mol. The molecule has 0 spiro atoms. The highest BCUT2D eigenvalue weighted by atomic mass is 32.1. The first-order valence-corrected chi connectivity index (χ1v) is 7.42. The highest BCUT2D eigenvalue weighted by molar-refractivity contribution is 7.14. The minimum atomic E-state index is 1.10. The zero-order valence-corrected chi connectivity index (χ0v) is 12.1. The number of rotatable bonds is 4. The molecule has 3 heteroatoms. The second kappa shape index (κ2) is 5.80. The molecule has 3 rings (SSSR count). The highest BCUT2D eigenvalue weighted by Gasteiger charge is 2.02. The summed E-state index contributed by atoms with van der Waals surface area (Å²) in [4.78, 5) is 0. The summed E-state index contributed by atoms with van der Waals surface area (Å²) < 4.78 is 0. The largest absolute Gasteiger partial charge is 0.355 e. The second-order valence-corrected chi connectivity index (χ2v) is 5.54. The van der Waals surface area contributed by atoms with Crippen molar-refractivity contribution in [2.75, 3.05) is 10.6 Å². The lowest BCUT2D eigenvalue weighted by Crippen LogP contribution is -1.90. The van der Waals surface area contributed by atoms with Crippen LogP contribution < -0.4 is 10.6 Å². The van der Waals surface area contributed by atoms with Gasteiger partial charge in [-0.15, -0.1) is 11.3 Å². The van der Waals surface area contributed by atoms with Gasteiger partial charge in [-0.25, -0.2) is 0 Å². The topological polar surface area (TPSA) is 24.1 Å². The van der Waals surface area contributed by atoms with Crippen LogP contribution in [0.25, 0.3) is 0 Å². The fourth-order valence-corrected chi connectivity index (χ4v) is 2.75. The van der Waals surface area contributed by atoms with Crippen LogP contribution in [0.1, 0.15) is 5.56 Å². The molecular formula is C17H16N2S. The van der Waals surface area contributed by atoms with E-state index in [1.165, 1.54) is 5.56 Å². The Morgan fingerprint density at radius 1 is 0.800 bits per heavy atom. The van der Waals surface area contributed by atoms with Gasteiger partial charge in [-0.2, -0.15) is 0 Å². The number of nitrogens with one attached hydrogen (secondary N) is 2. The first-order valence-electron chi connectivity index (χ1n) is 6.54. The molecule has 1 heterocycles. The molecule has 2 nitrogen and oxygen atoms in total. The summed E-state index contributed by atoms with van der Waals surface area (Å²) in [5.41, 5.74) is 4.61. The van der Waals surface area contributed by atoms with E-state index >= 15 is 0 Å². The summed E-state index contributed by atoms with van der Waals surface area (Å²) >= 11 is 1.70. The van der Waals surface area contributed by atoms with Gasteiger partial charge in [-0.1, -0.05) is 36.4 Å². The smallest absolute Gasteiger partial charge is 0.0948 e. The van der Waals surface area contributed by atoms with Crippen molar-refractivity contribution >= 4 is 33.4 Å². The Hall–Kier alpha value is -2.26. The number of para-hydroxylation sites is 2. The molecule has 3 aromatic rings. The van der Waals surface area contributed by atoms with E-state index in [1.807, 2.05) is 24.3 Å². The molecule has 0 saturated carbocycles. The molecule has 0 saturated heterocycles. The van der Waals surface area contributed by atoms with Crippen molar-refractivity contribution in [2.45, 2.75) is 6.92 Å².